The molecule has 3 heteroatoms. The van der Waals surface area contributed by atoms with E-state index < -0.39 is 0 Å². The van der Waals surface area contributed by atoms with Crippen molar-refractivity contribution in [1.82, 2.24) is 14.7 Å². The number of nitrogens with zero attached hydrogens (tertiary/aromatic N) is 3. The predicted octanol–water partition coefficient (Wildman–Crippen LogP) is 0.932. The molecular weight excluding hydrogens is 150 g/mol. The SMILES string of the molecule is CCc1ccn(C2CN(C)C2)n1. The van der Waals surface area contributed by atoms with Gasteiger partial charge in [0.15, 0.2) is 0 Å². The Morgan fingerprint density at radius 3 is 2.83 bits per heavy atom. The summed E-state index contributed by atoms with van der Waals surface area (Å²) in [5, 5.41) is 4.48. The summed E-state index contributed by atoms with van der Waals surface area (Å²) in [5.41, 5.74) is 1.20. The fraction of sp³-hybridized carbons (Fsp3) is 0.667. The summed E-state index contributed by atoms with van der Waals surface area (Å²) in [6, 6.07) is 2.73. The summed E-state index contributed by atoms with van der Waals surface area (Å²) in [6.45, 7) is 4.43. The first-order valence-corrected chi connectivity index (χ1v) is 4.52. The molecule has 0 amide bonds. The predicted molar refractivity (Wildman–Crippen MR) is 48.1 cm³/mol. The average Bonchev–Trinajstić information content (AvgIpc) is 2.46. The molecule has 0 bridgehead atoms. The highest BCUT2D eigenvalue weighted by Gasteiger charge is 2.24. The maximum Gasteiger partial charge on any atom is 0.0772 e. The summed E-state index contributed by atoms with van der Waals surface area (Å²) in [6.07, 6.45) is 3.13. The van der Waals surface area contributed by atoms with Gasteiger partial charge in [0.1, 0.15) is 0 Å². The molecule has 1 fully saturated rings. The van der Waals surface area contributed by atoms with E-state index in [1.165, 1.54) is 5.69 Å². The largest absolute Gasteiger partial charge is 0.302 e. The van der Waals surface area contributed by atoms with Gasteiger partial charge in [0, 0.05) is 19.3 Å². The van der Waals surface area contributed by atoms with Crippen LogP contribution in [-0.4, -0.2) is 34.8 Å². The smallest absolute Gasteiger partial charge is 0.0772 e. The average molecular weight is 165 g/mol. The zero-order valence-electron chi connectivity index (χ0n) is 7.70. The lowest BCUT2D eigenvalue weighted by Gasteiger charge is -2.36. The van der Waals surface area contributed by atoms with Crippen molar-refractivity contribution >= 4 is 0 Å². The van der Waals surface area contributed by atoms with Crippen molar-refractivity contribution in [3.05, 3.63) is 18.0 Å². The van der Waals surface area contributed by atoms with Crippen molar-refractivity contribution < 1.29 is 0 Å². The Morgan fingerprint density at radius 2 is 2.33 bits per heavy atom. The van der Waals surface area contributed by atoms with Crippen molar-refractivity contribution in [2.45, 2.75) is 19.4 Å². The van der Waals surface area contributed by atoms with Crippen LogP contribution < -0.4 is 0 Å². The monoisotopic (exact) mass is 165 g/mol. The molecule has 0 unspecified atom stereocenters. The lowest BCUT2D eigenvalue weighted by Crippen LogP contribution is -2.45. The molecule has 2 heterocycles. The molecule has 1 aromatic rings. The molecule has 1 aliphatic heterocycles. The van der Waals surface area contributed by atoms with Gasteiger partial charge in [-0.1, -0.05) is 6.92 Å². The third kappa shape index (κ3) is 1.25. The summed E-state index contributed by atoms with van der Waals surface area (Å²) >= 11 is 0. The molecule has 0 atom stereocenters. The minimum absolute atomic E-state index is 0.621. The Labute approximate surface area is 73.0 Å². The van der Waals surface area contributed by atoms with Gasteiger partial charge < -0.3 is 4.90 Å². The third-order valence-corrected chi connectivity index (χ3v) is 2.44. The standard InChI is InChI=1S/C9H15N3/c1-3-8-4-5-12(10-8)9-6-11(2)7-9/h4-5,9H,3,6-7H2,1-2H3. The van der Waals surface area contributed by atoms with E-state index >= 15 is 0 Å². The van der Waals surface area contributed by atoms with Crippen molar-refractivity contribution in [3.8, 4) is 0 Å². The number of hydrogen-bond donors (Lipinski definition) is 0. The fourth-order valence-electron chi connectivity index (χ4n) is 1.60. The van der Waals surface area contributed by atoms with E-state index in [1.54, 1.807) is 0 Å². The molecule has 0 spiro atoms. The van der Waals surface area contributed by atoms with E-state index in [2.05, 4.69) is 40.9 Å². The number of likely N-dealkylation sites (tertiary alicyclic amines) is 1. The first kappa shape index (κ1) is 7.80. The quantitative estimate of drug-likeness (QED) is 0.650. The lowest BCUT2D eigenvalue weighted by molar-refractivity contribution is 0.130. The fourth-order valence-corrected chi connectivity index (χ4v) is 1.60. The zero-order chi connectivity index (χ0) is 8.55. The highest BCUT2D eigenvalue weighted by molar-refractivity contribution is 5.00. The van der Waals surface area contributed by atoms with Gasteiger partial charge in [-0.05, 0) is 19.5 Å². The number of aromatic nitrogens is 2. The molecule has 0 N–H and O–H groups in total. The Bertz CT molecular complexity index is 260. The van der Waals surface area contributed by atoms with E-state index in [-0.39, 0.29) is 0 Å². The molecule has 0 aliphatic carbocycles. The van der Waals surface area contributed by atoms with Crippen LogP contribution in [0.1, 0.15) is 18.7 Å². The van der Waals surface area contributed by atoms with Gasteiger partial charge in [-0.15, -0.1) is 0 Å². The summed E-state index contributed by atoms with van der Waals surface area (Å²) < 4.78 is 2.10. The van der Waals surface area contributed by atoms with E-state index in [4.69, 9.17) is 0 Å². The minimum Gasteiger partial charge on any atom is -0.302 e. The van der Waals surface area contributed by atoms with Crippen molar-refractivity contribution in [2.24, 2.45) is 0 Å². The second kappa shape index (κ2) is 2.90. The third-order valence-electron chi connectivity index (χ3n) is 2.44. The molecule has 0 aromatic carbocycles. The Morgan fingerprint density at radius 1 is 1.58 bits per heavy atom. The minimum atomic E-state index is 0.621. The Balaban J connectivity index is 2.04. The lowest BCUT2D eigenvalue weighted by atomic mass is 10.1. The second-order valence-corrected chi connectivity index (χ2v) is 3.52. The van der Waals surface area contributed by atoms with Crippen molar-refractivity contribution in [2.75, 3.05) is 20.1 Å². The molecule has 1 aromatic heterocycles. The first-order valence-electron chi connectivity index (χ1n) is 4.52. The highest BCUT2D eigenvalue weighted by Crippen LogP contribution is 2.18. The van der Waals surface area contributed by atoms with E-state index in [0.717, 1.165) is 19.5 Å². The molecule has 12 heavy (non-hydrogen) atoms. The van der Waals surface area contributed by atoms with Crippen LogP contribution in [-0.2, 0) is 6.42 Å². The molecule has 0 radical (unpaired) electrons. The van der Waals surface area contributed by atoms with Crippen molar-refractivity contribution in [3.63, 3.8) is 0 Å². The highest BCUT2D eigenvalue weighted by atomic mass is 15.4. The molecule has 0 saturated carbocycles. The van der Waals surface area contributed by atoms with Crippen LogP contribution in [0.3, 0.4) is 0 Å². The van der Waals surface area contributed by atoms with Crippen molar-refractivity contribution in [1.29, 1.82) is 0 Å². The van der Waals surface area contributed by atoms with Gasteiger partial charge in [0.25, 0.3) is 0 Å². The molecule has 1 saturated heterocycles. The summed E-state index contributed by atoms with van der Waals surface area (Å²) in [4.78, 5) is 2.30. The van der Waals surface area contributed by atoms with Crippen LogP contribution in [0.5, 0.6) is 0 Å². The van der Waals surface area contributed by atoms with Crippen LogP contribution in [0.4, 0.5) is 0 Å². The van der Waals surface area contributed by atoms with Gasteiger partial charge in [-0.3, -0.25) is 4.68 Å². The molecule has 66 valence electrons. The van der Waals surface area contributed by atoms with Crippen LogP contribution in [0.25, 0.3) is 0 Å². The normalized spacial score (nSPS) is 19.5. The Kier molecular flexibility index (Phi) is 1.89. The topological polar surface area (TPSA) is 21.1 Å². The van der Waals surface area contributed by atoms with Gasteiger partial charge in [0.2, 0.25) is 0 Å². The van der Waals surface area contributed by atoms with E-state index in [0.29, 0.717) is 6.04 Å². The van der Waals surface area contributed by atoms with Crippen LogP contribution in [0, 0.1) is 0 Å². The van der Waals surface area contributed by atoms with Gasteiger partial charge in [-0.25, -0.2) is 0 Å². The van der Waals surface area contributed by atoms with E-state index in [9.17, 15) is 0 Å². The van der Waals surface area contributed by atoms with E-state index in [1.807, 2.05) is 0 Å². The summed E-state index contributed by atoms with van der Waals surface area (Å²) in [7, 11) is 2.14. The maximum absolute atomic E-state index is 4.48. The van der Waals surface area contributed by atoms with Crippen LogP contribution in [0.2, 0.25) is 0 Å². The number of aryl methyl sites for hydroxylation is 1. The maximum atomic E-state index is 4.48. The molecule has 3 nitrogen and oxygen atoms in total. The zero-order valence-corrected chi connectivity index (χ0v) is 7.70. The number of hydrogen-bond acceptors (Lipinski definition) is 2. The van der Waals surface area contributed by atoms with Gasteiger partial charge in [-0.2, -0.15) is 5.10 Å². The summed E-state index contributed by atoms with van der Waals surface area (Å²) in [5.74, 6) is 0. The van der Waals surface area contributed by atoms with Gasteiger partial charge in [0.05, 0.1) is 11.7 Å². The Hall–Kier alpha value is -0.830. The first-order chi connectivity index (χ1) is 5.79. The second-order valence-electron chi connectivity index (χ2n) is 3.52. The molecule has 2 rings (SSSR count). The van der Waals surface area contributed by atoms with Crippen LogP contribution in [0.15, 0.2) is 12.3 Å². The van der Waals surface area contributed by atoms with Crippen LogP contribution >= 0.6 is 0 Å². The number of likely N-dealkylation sites (N-methyl/N-ethyl adjacent to an activating group) is 1. The molecule has 1 aliphatic rings. The van der Waals surface area contributed by atoms with Gasteiger partial charge >= 0.3 is 0 Å². The molecular formula is C9H15N3. The number of rotatable bonds is 2.